The van der Waals surface area contributed by atoms with Gasteiger partial charge in [-0.2, -0.15) is 18.3 Å². The van der Waals surface area contributed by atoms with Crippen LogP contribution in [0, 0.1) is 0 Å². The van der Waals surface area contributed by atoms with E-state index in [1.807, 2.05) is 43.3 Å². The number of para-hydroxylation sites is 1. The van der Waals surface area contributed by atoms with E-state index in [4.69, 9.17) is 0 Å². The molecule has 2 N–H and O–H groups in total. The predicted molar refractivity (Wildman–Crippen MR) is 105 cm³/mol. The summed E-state index contributed by atoms with van der Waals surface area (Å²) in [6, 6.07) is 19.6. The van der Waals surface area contributed by atoms with E-state index in [2.05, 4.69) is 10.5 Å². The maximum Gasteiger partial charge on any atom is 0.416 e. The smallest absolute Gasteiger partial charge is 0.416 e. The number of phenols is 1. The highest BCUT2D eigenvalue weighted by molar-refractivity contribution is 5.80. The Hall–Kier alpha value is -3.28. The minimum absolute atomic E-state index is 0.0332. The summed E-state index contributed by atoms with van der Waals surface area (Å²) in [6.45, 7) is 2.01. The molecule has 0 heterocycles. The molecule has 0 saturated carbocycles. The van der Waals surface area contributed by atoms with Gasteiger partial charge in [0.05, 0.1) is 17.5 Å². The molecule has 0 aromatic heterocycles. The zero-order chi connectivity index (χ0) is 20.1. The van der Waals surface area contributed by atoms with Crippen LogP contribution < -0.4 is 5.43 Å². The summed E-state index contributed by atoms with van der Waals surface area (Å²) in [6.07, 6.45) is -2.89. The molecule has 0 saturated heterocycles. The number of rotatable bonds is 5. The fraction of sp³-hybridized carbons (Fsp3) is 0.136. The van der Waals surface area contributed by atoms with Crippen LogP contribution in [0.3, 0.4) is 0 Å². The largest absolute Gasteiger partial charge is 0.508 e. The molecule has 0 fully saturated rings. The van der Waals surface area contributed by atoms with Crippen molar-refractivity contribution in [1.29, 1.82) is 0 Å². The van der Waals surface area contributed by atoms with Gasteiger partial charge in [-0.15, -0.1) is 0 Å². The Labute approximate surface area is 161 Å². The lowest BCUT2D eigenvalue weighted by Gasteiger charge is -2.14. The van der Waals surface area contributed by atoms with Crippen molar-refractivity contribution in [2.75, 3.05) is 5.43 Å². The second-order valence-corrected chi connectivity index (χ2v) is 6.39. The fourth-order valence-electron chi connectivity index (χ4n) is 2.82. The lowest BCUT2D eigenvalue weighted by atomic mass is 9.92. The molecule has 144 valence electrons. The first kappa shape index (κ1) is 19.5. The number of hydrogen-bond acceptors (Lipinski definition) is 3. The molecule has 3 nitrogen and oxygen atoms in total. The highest BCUT2D eigenvalue weighted by atomic mass is 19.4. The van der Waals surface area contributed by atoms with Crippen LogP contribution in [-0.4, -0.2) is 11.3 Å². The van der Waals surface area contributed by atoms with Gasteiger partial charge in [-0.1, -0.05) is 49.4 Å². The van der Waals surface area contributed by atoms with E-state index in [0.717, 1.165) is 28.9 Å². The Morgan fingerprint density at radius 3 is 2.18 bits per heavy atom. The summed E-state index contributed by atoms with van der Waals surface area (Å²) >= 11 is 0. The normalized spacial score (nSPS) is 12.9. The zero-order valence-electron chi connectivity index (χ0n) is 15.1. The van der Waals surface area contributed by atoms with E-state index in [1.165, 1.54) is 18.3 Å². The highest BCUT2D eigenvalue weighted by Gasteiger charge is 2.29. The van der Waals surface area contributed by atoms with E-state index >= 15 is 0 Å². The zero-order valence-corrected chi connectivity index (χ0v) is 15.1. The number of hydrogen-bond donors (Lipinski definition) is 2. The summed E-state index contributed by atoms with van der Waals surface area (Å²) in [5.74, 6) is 0.296. The molecule has 0 spiro atoms. The van der Waals surface area contributed by atoms with E-state index < -0.39 is 11.7 Å². The number of alkyl halides is 3. The molecule has 0 aliphatic heterocycles. The van der Waals surface area contributed by atoms with Gasteiger partial charge in [0.15, 0.2) is 0 Å². The van der Waals surface area contributed by atoms with Crippen molar-refractivity contribution in [1.82, 2.24) is 0 Å². The van der Waals surface area contributed by atoms with Crippen LogP contribution in [-0.2, 0) is 6.18 Å². The average molecular weight is 384 g/mol. The molecule has 0 amide bonds. The Morgan fingerprint density at radius 2 is 1.57 bits per heavy atom. The van der Waals surface area contributed by atoms with Crippen molar-refractivity contribution in [2.24, 2.45) is 5.10 Å². The van der Waals surface area contributed by atoms with Crippen molar-refractivity contribution in [3.8, 4) is 5.75 Å². The lowest BCUT2D eigenvalue weighted by Crippen LogP contribution is -2.04. The minimum Gasteiger partial charge on any atom is -0.508 e. The third-order valence-corrected chi connectivity index (χ3v) is 4.46. The van der Waals surface area contributed by atoms with Crippen LogP contribution in [0.1, 0.15) is 35.1 Å². The van der Waals surface area contributed by atoms with Gasteiger partial charge in [-0.3, -0.25) is 5.43 Å². The molecule has 0 radical (unpaired) electrons. The number of hydrazone groups is 1. The molecule has 0 aliphatic carbocycles. The first-order valence-corrected chi connectivity index (χ1v) is 8.69. The molecule has 3 aromatic carbocycles. The van der Waals surface area contributed by atoms with Gasteiger partial charge in [0.2, 0.25) is 0 Å². The minimum atomic E-state index is -4.34. The SMILES string of the molecule is C[C@H](c1ccc(N/N=C/c2ccc(C(F)(F)F)cc2)cc1)c1ccccc1O. The van der Waals surface area contributed by atoms with Crippen LogP contribution in [0.5, 0.6) is 5.75 Å². The number of nitrogens with one attached hydrogen (secondary N) is 1. The molecule has 6 heteroatoms. The number of benzene rings is 3. The van der Waals surface area contributed by atoms with Gasteiger partial charge in [0.1, 0.15) is 5.75 Å². The Balaban J connectivity index is 1.63. The topological polar surface area (TPSA) is 44.6 Å². The van der Waals surface area contributed by atoms with Gasteiger partial charge in [0, 0.05) is 11.5 Å². The van der Waals surface area contributed by atoms with Crippen molar-refractivity contribution >= 4 is 11.9 Å². The quantitative estimate of drug-likeness (QED) is 0.418. The fourth-order valence-corrected chi connectivity index (χ4v) is 2.82. The Bertz CT molecular complexity index is 949. The lowest BCUT2D eigenvalue weighted by molar-refractivity contribution is -0.137. The number of aromatic hydroxyl groups is 1. The molecule has 3 aromatic rings. The monoisotopic (exact) mass is 384 g/mol. The summed E-state index contributed by atoms with van der Waals surface area (Å²) in [7, 11) is 0. The van der Waals surface area contributed by atoms with Crippen molar-refractivity contribution < 1.29 is 18.3 Å². The molecule has 0 bridgehead atoms. The van der Waals surface area contributed by atoms with Crippen molar-refractivity contribution in [3.05, 3.63) is 95.1 Å². The van der Waals surface area contributed by atoms with E-state index in [9.17, 15) is 18.3 Å². The maximum atomic E-state index is 12.6. The van der Waals surface area contributed by atoms with Crippen LogP contribution in [0.2, 0.25) is 0 Å². The first-order chi connectivity index (χ1) is 13.3. The second kappa shape index (κ2) is 8.17. The number of halogens is 3. The average Bonchev–Trinajstić information content (AvgIpc) is 2.68. The molecular formula is C22H19F3N2O. The molecular weight excluding hydrogens is 365 g/mol. The first-order valence-electron chi connectivity index (χ1n) is 8.69. The van der Waals surface area contributed by atoms with Crippen molar-refractivity contribution in [3.63, 3.8) is 0 Å². The molecule has 0 unspecified atom stereocenters. The summed E-state index contributed by atoms with van der Waals surface area (Å²) in [5, 5.41) is 14.0. The van der Waals surface area contributed by atoms with Gasteiger partial charge < -0.3 is 5.11 Å². The standard InChI is InChI=1S/C22H19F3N2O/c1-15(20-4-2-3-5-21(20)28)17-8-12-19(13-9-17)27-26-14-16-6-10-18(11-7-16)22(23,24)25/h2-15,27-28H,1H3/b26-14+/t15-/m1/s1. The van der Waals surface area contributed by atoms with Gasteiger partial charge in [-0.05, 0) is 41.5 Å². The number of anilines is 1. The summed E-state index contributed by atoms with van der Waals surface area (Å²) in [4.78, 5) is 0. The third kappa shape index (κ3) is 4.71. The molecule has 28 heavy (non-hydrogen) atoms. The maximum absolute atomic E-state index is 12.6. The van der Waals surface area contributed by atoms with Crippen molar-refractivity contribution in [2.45, 2.75) is 19.0 Å². The second-order valence-electron chi connectivity index (χ2n) is 6.39. The number of nitrogens with zero attached hydrogens (tertiary/aromatic N) is 1. The highest BCUT2D eigenvalue weighted by Crippen LogP contribution is 2.31. The van der Waals surface area contributed by atoms with E-state index in [1.54, 1.807) is 12.1 Å². The Kier molecular flexibility index (Phi) is 5.68. The van der Waals surface area contributed by atoms with Gasteiger partial charge >= 0.3 is 6.18 Å². The molecule has 3 rings (SSSR count). The van der Waals surface area contributed by atoms with E-state index in [-0.39, 0.29) is 11.7 Å². The summed E-state index contributed by atoms with van der Waals surface area (Å²) in [5.41, 5.74) is 5.36. The Morgan fingerprint density at radius 1 is 0.929 bits per heavy atom. The van der Waals surface area contributed by atoms with Crippen LogP contribution in [0.25, 0.3) is 0 Å². The third-order valence-electron chi connectivity index (χ3n) is 4.46. The molecule has 0 aliphatic rings. The van der Waals surface area contributed by atoms with Gasteiger partial charge in [-0.25, -0.2) is 0 Å². The summed E-state index contributed by atoms with van der Waals surface area (Å²) < 4.78 is 37.7. The van der Waals surface area contributed by atoms with Gasteiger partial charge in [0.25, 0.3) is 0 Å². The van der Waals surface area contributed by atoms with Crippen LogP contribution in [0.4, 0.5) is 18.9 Å². The molecule has 1 atom stereocenters. The van der Waals surface area contributed by atoms with Crippen LogP contribution in [0.15, 0.2) is 77.9 Å². The van der Waals surface area contributed by atoms with E-state index in [0.29, 0.717) is 5.56 Å². The van der Waals surface area contributed by atoms with Crippen LogP contribution >= 0.6 is 0 Å². The number of phenolic OH excluding ortho intramolecular Hbond substituents is 1. The predicted octanol–water partition coefficient (Wildman–Crippen LogP) is 6.01.